The van der Waals surface area contributed by atoms with Gasteiger partial charge in [-0.3, -0.25) is 14.4 Å². The van der Waals surface area contributed by atoms with Gasteiger partial charge in [-0.2, -0.15) is 0 Å². The number of hydrogen-bond donors (Lipinski definition) is 0. The van der Waals surface area contributed by atoms with Gasteiger partial charge in [0, 0.05) is 0 Å². The first-order chi connectivity index (χ1) is 8.47. The molecular formula is C12H20O6. The zero-order valence-electron chi connectivity index (χ0n) is 11.2. The van der Waals surface area contributed by atoms with Crippen LogP contribution in [0.4, 0.5) is 0 Å². The second-order valence-electron chi connectivity index (χ2n) is 3.72. The number of rotatable bonds is 7. The molecule has 0 fully saturated rings. The van der Waals surface area contributed by atoms with Crippen LogP contribution in [0.15, 0.2) is 0 Å². The molecule has 0 aromatic carbocycles. The minimum absolute atomic E-state index is 0.0182. The fraction of sp³-hybridized carbons (Fsp3) is 0.750. The van der Waals surface area contributed by atoms with E-state index in [2.05, 4.69) is 4.74 Å². The predicted molar refractivity (Wildman–Crippen MR) is 62.6 cm³/mol. The van der Waals surface area contributed by atoms with Crippen molar-refractivity contribution in [1.29, 1.82) is 0 Å². The summed E-state index contributed by atoms with van der Waals surface area (Å²) in [6, 6.07) is 0. The van der Waals surface area contributed by atoms with Crippen LogP contribution in [0.5, 0.6) is 0 Å². The van der Waals surface area contributed by atoms with Crippen LogP contribution in [-0.4, -0.2) is 38.2 Å². The summed E-state index contributed by atoms with van der Waals surface area (Å²) < 4.78 is 14.1. The van der Waals surface area contributed by atoms with Crippen LogP contribution in [0.2, 0.25) is 0 Å². The highest BCUT2D eigenvalue weighted by Gasteiger charge is 2.33. The topological polar surface area (TPSA) is 78.9 Å². The molecule has 18 heavy (non-hydrogen) atoms. The summed E-state index contributed by atoms with van der Waals surface area (Å²) in [6.45, 7) is 5.20. The monoisotopic (exact) mass is 260 g/mol. The zero-order valence-corrected chi connectivity index (χ0v) is 11.2. The Morgan fingerprint density at radius 3 is 1.72 bits per heavy atom. The first-order valence-electron chi connectivity index (χ1n) is 5.88. The molecule has 0 amide bonds. The Bertz CT molecular complexity index is 281. The molecule has 6 nitrogen and oxygen atoms in total. The average molecular weight is 260 g/mol. The Kier molecular flexibility index (Phi) is 7.74. The van der Waals surface area contributed by atoms with Gasteiger partial charge in [0.15, 0.2) is 5.92 Å². The molecule has 6 heteroatoms. The summed E-state index contributed by atoms with van der Waals surface area (Å²) in [6.07, 6.45) is 0.0182. The van der Waals surface area contributed by atoms with Crippen molar-refractivity contribution in [3.8, 4) is 0 Å². The molecule has 0 heterocycles. The van der Waals surface area contributed by atoms with Crippen LogP contribution in [0.3, 0.4) is 0 Å². The van der Waals surface area contributed by atoms with Crippen molar-refractivity contribution in [1.82, 2.24) is 0 Å². The molecule has 0 rings (SSSR count). The van der Waals surface area contributed by atoms with Gasteiger partial charge in [-0.05, 0) is 20.3 Å². The number of ether oxygens (including phenoxy) is 3. The third kappa shape index (κ3) is 5.16. The van der Waals surface area contributed by atoms with Crippen LogP contribution in [0.1, 0.15) is 27.2 Å². The van der Waals surface area contributed by atoms with E-state index in [1.54, 1.807) is 20.8 Å². The third-order valence-electron chi connectivity index (χ3n) is 2.34. The molecule has 0 saturated heterocycles. The molecule has 0 spiro atoms. The van der Waals surface area contributed by atoms with Crippen molar-refractivity contribution < 1.29 is 28.6 Å². The molecule has 0 aromatic rings. The summed E-state index contributed by atoms with van der Waals surface area (Å²) in [5.41, 5.74) is 0. The first-order valence-corrected chi connectivity index (χ1v) is 5.88. The van der Waals surface area contributed by atoms with Gasteiger partial charge in [0.2, 0.25) is 0 Å². The van der Waals surface area contributed by atoms with E-state index in [9.17, 15) is 14.4 Å². The summed E-state index contributed by atoms with van der Waals surface area (Å²) >= 11 is 0. The van der Waals surface area contributed by atoms with Gasteiger partial charge in [0.1, 0.15) is 0 Å². The second kappa shape index (κ2) is 8.49. The van der Waals surface area contributed by atoms with Gasteiger partial charge in [-0.25, -0.2) is 0 Å². The lowest BCUT2D eigenvalue weighted by Crippen LogP contribution is -2.31. The van der Waals surface area contributed by atoms with Crippen LogP contribution in [0, 0.1) is 11.8 Å². The standard InChI is InChI=1S/C12H20O6/c1-5-17-11(14)9(12(15)18-6-2)7-8(3)10(13)16-4/h8-9H,5-7H2,1-4H3/t8-/m1/s1. The van der Waals surface area contributed by atoms with Crippen LogP contribution < -0.4 is 0 Å². The maximum Gasteiger partial charge on any atom is 0.320 e. The van der Waals surface area contributed by atoms with E-state index in [1.807, 2.05) is 0 Å². The second-order valence-corrected chi connectivity index (χ2v) is 3.72. The molecule has 0 aromatic heterocycles. The van der Waals surface area contributed by atoms with E-state index in [1.165, 1.54) is 7.11 Å². The number of carbonyl (C=O) groups excluding carboxylic acids is 3. The van der Waals surface area contributed by atoms with E-state index >= 15 is 0 Å². The van der Waals surface area contributed by atoms with Crippen molar-refractivity contribution in [2.45, 2.75) is 27.2 Å². The van der Waals surface area contributed by atoms with E-state index in [-0.39, 0.29) is 19.6 Å². The fourth-order valence-electron chi connectivity index (χ4n) is 1.43. The molecule has 0 aliphatic carbocycles. The summed E-state index contributed by atoms with van der Waals surface area (Å²) in [5, 5.41) is 0. The van der Waals surface area contributed by atoms with E-state index in [0.717, 1.165) is 0 Å². The third-order valence-corrected chi connectivity index (χ3v) is 2.34. The molecule has 104 valence electrons. The molecule has 0 unspecified atom stereocenters. The fourth-order valence-corrected chi connectivity index (χ4v) is 1.43. The molecule has 0 N–H and O–H groups in total. The lowest BCUT2D eigenvalue weighted by Gasteiger charge is -2.17. The Morgan fingerprint density at radius 2 is 1.39 bits per heavy atom. The van der Waals surface area contributed by atoms with Gasteiger partial charge in [-0.1, -0.05) is 6.92 Å². The highest BCUT2D eigenvalue weighted by Crippen LogP contribution is 2.17. The summed E-state index contributed by atoms with van der Waals surface area (Å²) in [5.74, 6) is -3.49. The van der Waals surface area contributed by atoms with Crippen molar-refractivity contribution in [3.63, 3.8) is 0 Å². The number of hydrogen-bond acceptors (Lipinski definition) is 6. The number of esters is 3. The van der Waals surface area contributed by atoms with Gasteiger partial charge in [-0.15, -0.1) is 0 Å². The molecule has 0 bridgehead atoms. The minimum Gasteiger partial charge on any atom is -0.469 e. The van der Waals surface area contributed by atoms with Gasteiger partial charge in [0.05, 0.1) is 26.2 Å². The smallest absolute Gasteiger partial charge is 0.320 e. The minimum atomic E-state index is -1.08. The molecule has 0 radical (unpaired) electrons. The SMILES string of the molecule is CCOC(=O)C(C[C@@H](C)C(=O)OC)C(=O)OCC. The van der Waals surface area contributed by atoms with Crippen molar-refractivity contribution in [3.05, 3.63) is 0 Å². The normalized spacial score (nSPS) is 11.8. The van der Waals surface area contributed by atoms with E-state index in [0.29, 0.717) is 0 Å². The summed E-state index contributed by atoms with van der Waals surface area (Å²) in [7, 11) is 1.25. The Balaban J connectivity index is 4.71. The molecule has 0 saturated carbocycles. The van der Waals surface area contributed by atoms with Crippen LogP contribution in [-0.2, 0) is 28.6 Å². The molecule has 0 aliphatic heterocycles. The predicted octanol–water partition coefficient (Wildman–Crippen LogP) is 0.928. The lowest BCUT2D eigenvalue weighted by atomic mass is 9.96. The number of carbonyl (C=O) groups is 3. The van der Waals surface area contributed by atoms with E-state index < -0.39 is 29.7 Å². The van der Waals surface area contributed by atoms with Crippen molar-refractivity contribution in [2.75, 3.05) is 20.3 Å². The Morgan fingerprint density at radius 1 is 0.944 bits per heavy atom. The molecule has 1 atom stereocenters. The first kappa shape index (κ1) is 16.4. The Hall–Kier alpha value is -1.59. The largest absolute Gasteiger partial charge is 0.469 e. The Labute approximate surface area is 107 Å². The highest BCUT2D eigenvalue weighted by atomic mass is 16.6. The maximum absolute atomic E-state index is 11.6. The maximum atomic E-state index is 11.6. The molecule has 0 aliphatic rings. The lowest BCUT2D eigenvalue weighted by molar-refractivity contribution is -0.163. The van der Waals surface area contributed by atoms with Crippen LogP contribution >= 0.6 is 0 Å². The number of methoxy groups -OCH3 is 1. The van der Waals surface area contributed by atoms with Crippen molar-refractivity contribution >= 4 is 17.9 Å². The summed E-state index contributed by atoms with van der Waals surface area (Å²) in [4.78, 5) is 34.5. The average Bonchev–Trinajstić information content (AvgIpc) is 2.34. The van der Waals surface area contributed by atoms with Crippen LogP contribution in [0.25, 0.3) is 0 Å². The zero-order chi connectivity index (χ0) is 14.1. The van der Waals surface area contributed by atoms with Gasteiger partial charge < -0.3 is 14.2 Å². The van der Waals surface area contributed by atoms with E-state index in [4.69, 9.17) is 9.47 Å². The van der Waals surface area contributed by atoms with Gasteiger partial charge in [0.25, 0.3) is 0 Å². The highest BCUT2D eigenvalue weighted by molar-refractivity contribution is 5.95. The molecular weight excluding hydrogens is 240 g/mol. The van der Waals surface area contributed by atoms with Gasteiger partial charge >= 0.3 is 17.9 Å². The van der Waals surface area contributed by atoms with Crippen molar-refractivity contribution in [2.24, 2.45) is 11.8 Å². The quantitative estimate of drug-likeness (QED) is 0.385.